The molecule has 0 amide bonds. The predicted octanol–water partition coefficient (Wildman–Crippen LogP) is 4.94. The molecular formula is C11H5F9O2. The van der Waals surface area contributed by atoms with Gasteiger partial charge in [0.2, 0.25) is 0 Å². The Morgan fingerprint density at radius 2 is 1.27 bits per heavy atom. The molecule has 0 aliphatic carbocycles. The molecule has 0 saturated carbocycles. The van der Waals surface area contributed by atoms with Crippen LogP contribution in [0.25, 0.3) is 0 Å². The summed E-state index contributed by atoms with van der Waals surface area (Å²) in [6.07, 6.45) is -13.1. The van der Waals surface area contributed by atoms with Crippen molar-refractivity contribution in [3.05, 3.63) is 42.4 Å². The van der Waals surface area contributed by atoms with E-state index in [1.165, 1.54) is 18.2 Å². The molecule has 0 aliphatic rings. The van der Waals surface area contributed by atoms with Gasteiger partial charge in [0, 0.05) is 0 Å². The molecular weight excluding hydrogens is 335 g/mol. The Morgan fingerprint density at radius 3 is 1.73 bits per heavy atom. The van der Waals surface area contributed by atoms with Crippen LogP contribution in [0.2, 0.25) is 0 Å². The van der Waals surface area contributed by atoms with Crippen LogP contribution in [-0.2, 0) is 4.74 Å². The van der Waals surface area contributed by atoms with Crippen molar-refractivity contribution in [1.29, 1.82) is 0 Å². The van der Waals surface area contributed by atoms with Gasteiger partial charge in [-0.05, 0) is 12.1 Å². The lowest BCUT2D eigenvalue weighted by atomic mass is 10.3. The minimum absolute atomic E-state index is 0.440. The monoisotopic (exact) mass is 340 g/mol. The smallest absolute Gasteiger partial charge is 0.427 e. The Hall–Kier alpha value is -2.07. The van der Waals surface area contributed by atoms with Gasteiger partial charge in [-0.25, -0.2) is 0 Å². The highest BCUT2D eigenvalue weighted by Gasteiger charge is 2.76. The Bertz CT molecular complexity index is 536. The number of benzene rings is 1. The normalized spacial score (nSPS) is 14.4. The van der Waals surface area contributed by atoms with E-state index in [4.69, 9.17) is 0 Å². The summed E-state index contributed by atoms with van der Waals surface area (Å²) in [6, 6.07) is 0.354. The zero-order valence-corrected chi connectivity index (χ0v) is 10.1. The van der Waals surface area contributed by atoms with Gasteiger partial charge in [0.1, 0.15) is 5.75 Å². The van der Waals surface area contributed by atoms with E-state index in [9.17, 15) is 39.5 Å². The maximum atomic E-state index is 13.0. The lowest BCUT2D eigenvalue weighted by Crippen LogP contribution is -2.53. The second-order valence-corrected chi connectivity index (χ2v) is 3.65. The second-order valence-electron chi connectivity index (χ2n) is 3.65. The molecule has 0 N–H and O–H groups in total. The number of hydrogen-bond donors (Lipinski definition) is 0. The van der Waals surface area contributed by atoms with Crippen LogP contribution in [0.3, 0.4) is 0 Å². The van der Waals surface area contributed by atoms with Crippen molar-refractivity contribution in [3.8, 4) is 5.75 Å². The maximum absolute atomic E-state index is 13.0. The van der Waals surface area contributed by atoms with Crippen molar-refractivity contribution < 1.29 is 49.0 Å². The summed E-state index contributed by atoms with van der Waals surface area (Å²) in [4.78, 5) is 0. The van der Waals surface area contributed by atoms with Gasteiger partial charge in [-0.15, -0.1) is 0 Å². The van der Waals surface area contributed by atoms with Gasteiger partial charge in [-0.3, -0.25) is 0 Å². The average molecular weight is 340 g/mol. The number of alkyl halides is 7. The summed E-state index contributed by atoms with van der Waals surface area (Å²) in [6.45, 7) is 0. The molecule has 0 aromatic heterocycles. The van der Waals surface area contributed by atoms with E-state index in [0.717, 1.165) is 12.1 Å². The van der Waals surface area contributed by atoms with Crippen LogP contribution in [-0.4, -0.2) is 18.2 Å². The second kappa shape index (κ2) is 5.97. The van der Waals surface area contributed by atoms with Gasteiger partial charge in [0.15, 0.2) is 0 Å². The van der Waals surface area contributed by atoms with Crippen molar-refractivity contribution in [2.75, 3.05) is 0 Å². The van der Waals surface area contributed by atoms with E-state index >= 15 is 0 Å². The quantitative estimate of drug-likeness (QED) is 0.558. The summed E-state index contributed by atoms with van der Waals surface area (Å²) in [5.41, 5.74) is 0. The van der Waals surface area contributed by atoms with E-state index in [-0.39, 0.29) is 0 Å². The summed E-state index contributed by atoms with van der Waals surface area (Å²) in [5, 5.41) is 0. The number of hydrogen-bond acceptors (Lipinski definition) is 2. The van der Waals surface area contributed by atoms with E-state index < -0.39 is 36.0 Å². The lowest BCUT2D eigenvalue weighted by molar-refractivity contribution is -0.419. The molecule has 1 rings (SSSR count). The van der Waals surface area contributed by atoms with E-state index in [1.54, 1.807) is 0 Å². The zero-order chi connectivity index (χ0) is 17.2. The lowest BCUT2D eigenvalue weighted by Gasteiger charge is -2.26. The van der Waals surface area contributed by atoms with Crippen LogP contribution < -0.4 is 4.74 Å². The molecule has 0 radical (unpaired) electrons. The first-order chi connectivity index (χ1) is 9.88. The standard InChI is InChI=1S/C11H5F9O2/c12-7(21-6-4-2-1-3-5-6)8(13)22-11(19,20)9(14,15)10(16,17)18/h1-5H/b8-7+. The molecule has 0 unspecified atom stereocenters. The Balaban J connectivity index is 2.94. The number of rotatable bonds is 5. The minimum Gasteiger partial charge on any atom is -0.427 e. The van der Waals surface area contributed by atoms with Gasteiger partial charge in [0.25, 0.3) is 0 Å². The molecule has 2 nitrogen and oxygen atoms in total. The molecule has 1 aromatic carbocycles. The fourth-order valence-electron chi connectivity index (χ4n) is 1.01. The molecule has 22 heavy (non-hydrogen) atoms. The Morgan fingerprint density at radius 1 is 0.773 bits per heavy atom. The highest BCUT2D eigenvalue weighted by molar-refractivity contribution is 5.22. The molecule has 0 fully saturated rings. The van der Waals surface area contributed by atoms with Crippen molar-refractivity contribution >= 4 is 0 Å². The van der Waals surface area contributed by atoms with Crippen molar-refractivity contribution in [2.24, 2.45) is 0 Å². The fourth-order valence-corrected chi connectivity index (χ4v) is 1.01. The Kier molecular flexibility index (Phi) is 4.88. The van der Waals surface area contributed by atoms with Crippen LogP contribution >= 0.6 is 0 Å². The SMILES string of the molecule is F/C(Oc1ccccc1)=C(/F)OC(F)(F)C(F)(F)C(F)(F)F. The van der Waals surface area contributed by atoms with Crippen molar-refractivity contribution in [1.82, 2.24) is 0 Å². The van der Waals surface area contributed by atoms with Crippen LogP contribution in [0, 0.1) is 0 Å². The molecule has 0 bridgehead atoms. The minimum atomic E-state index is -6.75. The molecule has 0 atom stereocenters. The molecule has 124 valence electrons. The van der Waals surface area contributed by atoms with Gasteiger partial charge in [0.05, 0.1) is 0 Å². The summed E-state index contributed by atoms with van der Waals surface area (Å²) in [7, 11) is 0. The average Bonchev–Trinajstić information content (AvgIpc) is 2.37. The van der Waals surface area contributed by atoms with Crippen LogP contribution in [0.1, 0.15) is 0 Å². The molecule has 0 heterocycles. The highest BCUT2D eigenvalue weighted by Crippen LogP contribution is 2.48. The van der Waals surface area contributed by atoms with Crippen molar-refractivity contribution in [3.63, 3.8) is 0 Å². The van der Waals surface area contributed by atoms with Crippen LogP contribution in [0.4, 0.5) is 39.5 Å². The van der Waals surface area contributed by atoms with Gasteiger partial charge >= 0.3 is 30.2 Å². The number of ether oxygens (including phenoxy) is 2. The third-order valence-corrected chi connectivity index (χ3v) is 2.04. The molecule has 0 spiro atoms. The summed E-state index contributed by atoms with van der Waals surface area (Å²) in [5.74, 6) is -7.19. The predicted molar refractivity (Wildman–Crippen MR) is 53.3 cm³/mol. The zero-order valence-electron chi connectivity index (χ0n) is 10.1. The molecule has 11 heteroatoms. The first-order valence-electron chi connectivity index (χ1n) is 5.18. The van der Waals surface area contributed by atoms with Crippen LogP contribution in [0.15, 0.2) is 42.4 Å². The molecule has 1 aromatic rings. The molecule has 0 aliphatic heterocycles. The van der Waals surface area contributed by atoms with Gasteiger partial charge in [-0.1, -0.05) is 18.2 Å². The van der Waals surface area contributed by atoms with Gasteiger partial charge < -0.3 is 9.47 Å². The van der Waals surface area contributed by atoms with E-state index in [0.29, 0.717) is 0 Å². The third kappa shape index (κ3) is 3.77. The molecule has 0 saturated heterocycles. The third-order valence-electron chi connectivity index (χ3n) is 2.04. The topological polar surface area (TPSA) is 18.5 Å². The van der Waals surface area contributed by atoms with Gasteiger partial charge in [-0.2, -0.15) is 39.5 Å². The Labute approximate surface area is 116 Å². The largest absolute Gasteiger partial charge is 0.476 e. The maximum Gasteiger partial charge on any atom is 0.476 e. The summed E-state index contributed by atoms with van der Waals surface area (Å²) < 4.78 is 118. The van der Waals surface area contributed by atoms with E-state index in [1.807, 2.05) is 0 Å². The van der Waals surface area contributed by atoms with E-state index in [2.05, 4.69) is 9.47 Å². The number of para-hydroxylation sites is 1. The highest BCUT2D eigenvalue weighted by atomic mass is 19.4. The first kappa shape index (κ1) is 18.0. The van der Waals surface area contributed by atoms with Crippen molar-refractivity contribution in [2.45, 2.75) is 18.2 Å². The summed E-state index contributed by atoms with van der Waals surface area (Å²) >= 11 is 0. The first-order valence-corrected chi connectivity index (χ1v) is 5.18. The number of halogens is 9. The fraction of sp³-hybridized carbons (Fsp3) is 0.273. The van der Waals surface area contributed by atoms with Crippen LogP contribution in [0.5, 0.6) is 5.75 Å².